The highest BCUT2D eigenvalue weighted by atomic mass is 16.7. The second-order valence-electron chi connectivity index (χ2n) is 15.5. The predicted octanol–water partition coefficient (Wildman–Crippen LogP) is 9.33. The fourth-order valence-corrected chi connectivity index (χ4v) is 6.69. The maximum Gasteiger partial charge on any atom is 0.306 e. The Hall–Kier alpha value is -1.82. The monoisotopic (exact) mass is 783 g/mol. The van der Waals surface area contributed by atoms with Crippen molar-refractivity contribution in [3.63, 3.8) is 0 Å². The number of carbonyl (C=O) groups is 2. The summed E-state index contributed by atoms with van der Waals surface area (Å²) in [5.74, 6) is -0.823. The molecule has 10 heteroatoms. The molecule has 0 bridgehead atoms. The highest BCUT2D eigenvalue weighted by Gasteiger charge is 2.44. The van der Waals surface area contributed by atoms with Gasteiger partial charge in [0.1, 0.15) is 31.0 Å². The van der Waals surface area contributed by atoms with Gasteiger partial charge in [0.15, 0.2) is 12.4 Å². The zero-order chi connectivity index (χ0) is 40.2. The van der Waals surface area contributed by atoms with E-state index in [-0.39, 0.29) is 26.1 Å². The quantitative estimate of drug-likeness (QED) is 0.0273. The summed E-state index contributed by atoms with van der Waals surface area (Å²) >= 11 is 0. The van der Waals surface area contributed by atoms with Gasteiger partial charge in [-0.05, 0) is 57.8 Å². The molecule has 6 atom stereocenters. The van der Waals surface area contributed by atoms with E-state index in [4.69, 9.17) is 18.9 Å². The molecule has 1 aliphatic rings. The van der Waals surface area contributed by atoms with E-state index in [0.29, 0.717) is 12.8 Å². The van der Waals surface area contributed by atoms with Crippen LogP contribution in [0.2, 0.25) is 0 Å². The third-order valence-corrected chi connectivity index (χ3v) is 10.3. The molecule has 4 N–H and O–H groups in total. The maximum atomic E-state index is 12.8. The van der Waals surface area contributed by atoms with Gasteiger partial charge in [0.2, 0.25) is 0 Å². The van der Waals surface area contributed by atoms with Gasteiger partial charge in [-0.2, -0.15) is 0 Å². The van der Waals surface area contributed by atoms with Crippen molar-refractivity contribution in [1.82, 2.24) is 0 Å². The topological polar surface area (TPSA) is 152 Å². The lowest BCUT2D eigenvalue weighted by molar-refractivity contribution is -0.305. The number of hydrogen-bond donors (Lipinski definition) is 4. The number of hydrogen-bond acceptors (Lipinski definition) is 10. The van der Waals surface area contributed by atoms with Gasteiger partial charge < -0.3 is 39.4 Å². The average Bonchev–Trinajstić information content (AvgIpc) is 3.18. The van der Waals surface area contributed by atoms with Gasteiger partial charge >= 0.3 is 11.9 Å². The van der Waals surface area contributed by atoms with E-state index in [1.54, 1.807) is 0 Å². The molecule has 55 heavy (non-hydrogen) atoms. The zero-order valence-corrected chi connectivity index (χ0v) is 34.9. The predicted molar refractivity (Wildman–Crippen MR) is 219 cm³/mol. The molecular weight excluding hydrogens is 700 g/mol. The lowest BCUT2D eigenvalue weighted by Gasteiger charge is -2.39. The fraction of sp³-hybridized carbons (Fsp3) is 0.867. The Balaban J connectivity index is 2.34. The molecule has 322 valence electrons. The normalized spacial score (nSPS) is 20.7. The summed E-state index contributed by atoms with van der Waals surface area (Å²) in [6, 6.07) is 0. The molecule has 1 aliphatic heterocycles. The summed E-state index contributed by atoms with van der Waals surface area (Å²) in [4.78, 5) is 25.3. The number of unbranched alkanes of at least 4 members (excludes halogenated alkanes) is 22. The van der Waals surface area contributed by atoms with E-state index in [2.05, 4.69) is 38.2 Å². The van der Waals surface area contributed by atoms with E-state index < -0.39 is 55.4 Å². The molecule has 0 amide bonds. The van der Waals surface area contributed by atoms with E-state index in [1.807, 2.05) is 0 Å². The minimum absolute atomic E-state index is 0.224. The molecule has 0 saturated carbocycles. The van der Waals surface area contributed by atoms with Crippen molar-refractivity contribution in [2.75, 3.05) is 19.8 Å². The van der Waals surface area contributed by atoms with Crippen LogP contribution in [0.25, 0.3) is 0 Å². The molecular formula is C45H82O10. The van der Waals surface area contributed by atoms with Crippen molar-refractivity contribution in [2.45, 2.75) is 230 Å². The Bertz CT molecular complexity index is 954. The zero-order valence-electron chi connectivity index (χ0n) is 34.9. The lowest BCUT2D eigenvalue weighted by Crippen LogP contribution is -2.59. The Morgan fingerprint density at radius 3 is 1.49 bits per heavy atom. The van der Waals surface area contributed by atoms with Crippen LogP contribution in [0.1, 0.15) is 194 Å². The van der Waals surface area contributed by atoms with Crippen LogP contribution in [-0.4, -0.2) is 89.0 Å². The number of ether oxygens (including phenoxy) is 4. The molecule has 0 aromatic heterocycles. The second-order valence-corrected chi connectivity index (χ2v) is 15.5. The van der Waals surface area contributed by atoms with E-state index in [9.17, 15) is 30.0 Å². The Kier molecular flexibility index (Phi) is 34.0. The van der Waals surface area contributed by atoms with Crippen LogP contribution in [0.5, 0.6) is 0 Å². The van der Waals surface area contributed by atoms with Gasteiger partial charge in [0.05, 0.1) is 13.2 Å². The second kappa shape index (κ2) is 36.5. The van der Waals surface area contributed by atoms with E-state index in [1.165, 1.54) is 109 Å². The first-order chi connectivity index (χ1) is 26.8. The standard InChI is InChI=1S/C45H82O10/c1-3-5-7-9-11-13-15-17-19-21-23-25-27-29-31-33-40(47)52-36-38(37-53-45-44(51)43(50)42(49)39(35-46)55-45)54-41(48)34-32-30-28-26-24-22-20-18-16-14-12-10-8-6-4-2/h10,12,21,23,38-39,42-46,49-51H,3-9,11,13-20,22,24-37H2,1-2H3/b12-10+,23-21+/t38-,39-,42+,43?,44?,45-/m0/s1. The molecule has 0 spiro atoms. The van der Waals surface area contributed by atoms with Crippen LogP contribution in [-0.2, 0) is 28.5 Å². The van der Waals surface area contributed by atoms with Crippen molar-refractivity contribution in [3.8, 4) is 0 Å². The third-order valence-electron chi connectivity index (χ3n) is 10.3. The summed E-state index contributed by atoms with van der Waals surface area (Å²) < 4.78 is 22.1. The first kappa shape index (κ1) is 51.2. The Morgan fingerprint density at radius 2 is 0.982 bits per heavy atom. The minimum atomic E-state index is -1.59. The molecule has 2 unspecified atom stereocenters. The maximum absolute atomic E-state index is 12.8. The minimum Gasteiger partial charge on any atom is -0.462 e. The Morgan fingerprint density at radius 1 is 0.545 bits per heavy atom. The van der Waals surface area contributed by atoms with Gasteiger partial charge in [-0.1, -0.05) is 147 Å². The van der Waals surface area contributed by atoms with Gasteiger partial charge in [-0.25, -0.2) is 0 Å². The number of rotatable bonds is 37. The van der Waals surface area contributed by atoms with Crippen molar-refractivity contribution in [1.29, 1.82) is 0 Å². The number of esters is 2. The summed E-state index contributed by atoms with van der Waals surface area (Å²) in [6.45, 7) is 3.38. The van der Waals surface area contributed by atoms with Gasteiger partial charge in [-0.3, -0.25) is 9.59 Å². The Labute approximate surface area is 334 Å². The van der Waals surface area contributed by atoms with Crippen LogP contribution in [0.15, 0.2) is 24.3 Å². The average molecular weight is 783 g/mol. The number of allylic oxidation sites excluding steroid dienone is 4. The fourth-order valence-electron chi connectivity index (χ4n) is 6.69. The molecule has 10 nitrogen and oxygen atoms in total. The first-order valence-corrected chi connectivity index (χ1v) is 22.4. The largest absolute Gasteiger partial charge is 0.462 e. The van der Waals surface area contributed by atoms with Gasteiger partial charge in [0.25, 0.3) is 0 Å². The van der Waals surface area contributed by atoms with Crippen molar-refractivity contribution in [2.24, 2.45) is 0 Å². The molecule has 0 radical (unpaired) electrons. The molecule has 0 aliphatic carbocycles. The van der Waals surface area contributed by atoms with Crippen LogP contribution >= 0.6 is 0 Å². The van der Waals surface area contributed by atoms with Crippen LogP contribution in [0.4, 0.5) is 0 Å². The smallest absolute Gasteiger partial charge is 0.306 e. The molecule has 1 saturated heterocycles. The van der Waals surface area contributed by atoms with Crippen molar-refractivity contribution in [3.05, 3.63) is 24.3 Å². The number of aliphatic hydroxyl groups excluding tert-OH is 4. The number of aliphatic hydroxyl groups is 4. The number of carbonyl (C=O) groups excluding carboxylic acids is 2. The molecule has 0 aromatic carbocycles. The van der Waals surface area contributed by atoms with Crippen LogP contribution < -0.4 is 0 Å². The van der Waals surface area contributed by atoms with Crippen molar-refractivity contribution >= 4 is 11.9 Å². The van der Waals surface area contributed by atoms with Crippen LogP contribution in [0, 0.1) is 0 Å². The summed E-state index contributed by atoms with van der Waals surface area (Å²) in [5, 5.41) is 40.0. The highest BCUT2D eigenvalue weighted by Crippen LogP contribution is 2.22. The molecule has 1 fully saturated rings. The van der Waals surface area contributed by atoms with Gasteiger partial charge in [0, 0.05) is 12.8 Å². The van der Waals surface area contributed by atoms with Crippen LogP contribution in [0.3, 0.4) is 0 Å². The first-order valence-electron chi connectivity index (χ1n) is 22.4. The summed E-state index contributed by atoms with van der Waals surface area (Å²) in [7, 11) is 0. The summed E-state index contributed by atoms with van der Waals surface area (Å²) in [5.41, 5.74) is 0. The molecule has 0 aromatic rings. The SMILES string of the molecule is CCCC/C=C/CCCCCCCCCCCC(=O)O[C@@H](COC(=O)CCCCC/C=C/CCCCCCCCCC)CO[C@H]1O[C@@H](CO)[C@@H](O)C(O)C1O. The van der Waals surface area contributed by atoms with E-state index in [0.717, 1.165) is 44.9 Å². The van der Waals surface area contributed by atoms with Gasteiger partial charge in [-0.15, -0.1) is 0 Å². The third kappa shape index (κ3) is 28.3. The molecule has 1 heterocycles. The highest BCUT2D eigenvalue weighted by molar-refractivity contribution is 5.70. The van der Waals surface area contributed by atoms with E-state index >= 15 is 0 Å². The summed E-state index contributed by atoms with van der Waals surface area (Å²) in [6.07, 6.45) is 31.8. The lowest BCUT2D eigenvalue weighted by atomic mass is 9.99. The van der Waals surface area contributed by atoms with Crippen molar-refractivity contribution < 1.29 is 49.0 Å². The molecule has 1 rings (SSSR count).